The van der Waals surface area contributed by atoms with Gasteiger partial charge < -0.3 is 5.32 Å². The Morgan fingerprint density at radius 1 is 1.12 bits per heavy atom. The Balaban J connectivity index is 1.95. The van der Waals surface area contributed by atoms with Crippen LogP contribution in [0.4, 0.5) is 0 Å². The van der Waals surface area contributed by atoms with Gasteiger partial charge in [-0.1, -0.05) is 12.8 Å². The number of hydrogen-bond acceptors (Lipinski definition) is 3. The molecule has 100 valence electrons. The summed E-state index contributed by atoms with van der Waals surface area (Å²) in [5.41, 5.74) is 0. The first kappa shape index (κ1) is 13.3. The van der Waals surface area contributed by atoms with Crippen molar-refractivity contribution in [2.45, 2.75) is 57.7 Å². The second-order valence-corrected chi connectivity index (χ2v) is 6.05. The Kier molecular flexibility index (Phi) is 4.83. The Morgan fingerprint density at radius 2 is 1.94 bits per heavy atom. The molecule has 3 nitrogen and oxygen atoms in total. The van der Waals surface area contributed by atoms with E-state index in [0.29, 0.717) is 18.1 Å². The summed E-state index contributed by atoms with van der Waals surface area (Å²) in [5.74, 6) is 0. The molecule has 0 aromatic rings. The highest BCUT2D eigenvalue weighted by Gasteiger charge is 2.31. The summed E-state index contributed by atoms with van der Waals surface area (Å²) in [6, 6.07) is 2.12. The second-order valence-electron chi connectivity index (χ2n) is 6.05. The second kappa shape index (κ2) is 6.17. The lowest BCUT2D eigenvalue weighted by Crippen LogP contribution is -2.60. The summed E-state index contributed by atoms with van der Waals surface area (Å²) < 4.78 is 0. The average molecular weight is 239 g/mol. The van der Waals surface area contributed by atoms with Crippen molar-refractivity contribution in [3.63, 3.8) is 0 Å². The molecule has 0 aromatic heterocycles. The molecule has 2 aliphatic rings. The van der Waals surface area contributed by atoms with E-state index in [4.69, 9.17) is 0 Å². The molecular weight excluding hydrogens is 210 g/mol. The fourth-order valence-corrected chi connectivity index (χ4v) is 3.21. The van der Waals surface area contributed by atoms with Crippen molar-refractivity contribution in [2.24, 2.45) is 0 Å². The normalized spacial score (nSPS) is 33.9. The van der Waals surface area contributed by atoms with Crippen molar-refractivity contribution in [3.8, 4) is 0 Å². The standard InChI is InChI=1S/C14H29N3/c1-12(2)17-10-9-16(3)14(11-17)13-7-5-4-6-8-15-13/h12-15H,4-11H2,1-3H3. The van der Waals surface area contributed by atoms with Crippen LogP contribution >= 0.6 is 0 Å². The number of rotatable bonds is 2. The zero-order valence-corrected chi connectivity index (χ0v) is 11.8. The van der Waals surface area contributed by atoms with Crippen molar-refractivity contribution in [3.05, 3.63) is 0 Å². The molecule has 3 heteroatoms. The molecule has 1 N–H and O–H groups in total. The number of piperazine rings is 1. The van der Waals surface area contributed by atoms with Crippen LogP contribution in [-0.4, -0.2) is 61.2 Å². The van der Waals surface area contributed by atoms with E-state index in [-0.39, 0.29) is 0 Å². The maximum Gasteiger partial charge on any atom is 0.0374 e. The maximum atomic E-state index is 3.77. The van der Waals surface area contributed by atoms with E-state index < -0.39 is 0 Å². The molecule has 0 bridgehead atoms. The zero-order chi connectivity index (χ0) is 12.3. The van der Waals surface area contributed by atoms with Crippen LogP contribution < -0.4 is 5.32 Å². The highest BCUT2D eigenvalue weighted by Crippen LogP contribution is 2.19. The topological polar surface area (TPSA) is 18.5 Å². The van der Waals surface area contributed by atoms with E-state index in [2.05, 4.69) is 36.0 Å². The van der Waals surface area contributed by atoms with E-state index in [1.165, 1.54) is 51.9 Å². The monoisotopic (exact) mass is 239 g/mol. The smallest absolute Gasteiger partial charge is 0.0374 e. The van der Waals surface area contributed by atoms with Crippen LogP contribution in [-0.2, 0) is 0 Å². The van der Waals surface area contributed by atoms with Gasteiger partial charge in [0.1, 0.15) is 0 Å². The highest BCUT2D eigenvalue weighted by molar-refractivity contribution is 4.91. The molecule has 0 aromatic carbocycles. The molecule has 2 aliphatic heterocycles. The van der Waals surface area contributed by atoms with Gasteiger partial charge in [-0.25, -0.2) is 0 Å². The molecule has 2 unspecified atom stereocenters. The molecule has 0 spiro atoms. The molecule has 17 heavy (non-hydrogen) atoms. The quantitative estimate of drug-likeness (QED) is 0.788. The van der Waals surface area contributed by atoms with Gasteiger partial charge in [0.25, 0.3) is 0 Å². The van der Waals surface area contributed by atoms with Crippen LogP contribution in [0.25, 0.3) is 0 Å². The molecule has 0 radical (unpaired) electrons. The Bertz CT molecular complexity index is 222. The van der Waals surface area contributed by atoms with Crippen molar-refractivity contribution in [1.82, 2.24) is 15.1 Å². The van der Waals surface area contributed by atoms with E-state index in [0.717, 1.165) is 0 Å². The van der Waals surface area contributed by atoms with Gasteiger partial charge in [0, 0.05) is 37.8 Å². The third-order valence-corrected chi connectivity index (χ3v) is 4.52. The largest absolute Gasteiger partial charge is 0.312 e. The lowest BCUT2D eigenvalue weighted by Gasteiger charge is -2.44. The predicted molar refractivity (Wildman–Crippen MR) is 73.4 cm³/mol. The molecule has 2 rings (SSSR count). The van der Waals surface area contributed by atoms with E-state index in [1.807, 2.05) is 0 Å². The van der Waals surface area contributed by atoms with Gasteiger partial charge >= 0.3 is 0 Å². The predicted octanol–water partition coefficient (Wildman–Crippen LogP) is 1.54. The third kappa shape index (κ3) is 3.43. The fourth-order valence-electron chi connectivity index (χ4n) is 3.21. The Hall–Kier alpha value is -0.120. The lowest BCUT2D eigenvalue weighted by atomic mass is 9.98. The first-order valence-electron chi connectivity index (χ1n) is 7.36. The highest BCUT2D eigenvalue weighted by atomic mass is 15.3. The lowest BCUT2D eigenvalue weighted by molar-refractivity contribution is 0.0539. The minimum atomic E-state index is 0.692. The molecule has 2 atom stereocenters. The van der Waals surface area contributed by atoms with Crippen molar-refractivity contribution in [1.29, 1.82) is 0 Å². The molecule has 2 heterocycles. The van der Waals surface area contributed by atoms with Gasteiger partial charge in [0.2, 0.25) is 0 Å². The summed E-state index contributed by atoms with van der Waals surface area (Å²) in [6.45, 7) is 9.56. The van der Waals surface area contributed by atoms with Crippen LogP contribution in [0.15, 0.2) is 0 Å². The summed E-state index contributed by atoms with van der Waals surface area (Å²) in [7, 11) is 2.30. The number of hydrogen-bond donors (Lipinski definition) is 1. The first-order valence-corrected chi connectivity index (χ1v) is 7.36. The van der Waals surface area contributed by atoms with E-state index >= 15 is 0 Å². The van der Waals surface area contributed by atoms with Crippen LogP contribution in [0.1, 0.15) is 39.5 Å². The minimum Gasteiger partial charge on any atom is -0.312 e. The summed E-state index contributed by atoms with van der Waals surface area (Å²) in [6.07, 6.45) is 5.54. The summed E-state index contributed by atoms with van der Waals surface area (Å²) >= 11 is 0. The van der Waals surface area contributed by atoms with Crippen LogP contribution in [0, 0.1) is 0 Å². The SMILES string of the molecule is CC(C)N1CCN(C)C(C2CCCCCN2)C1. The van der Waals surface area contributed by atoms with Gasteiger partial charge in [-0.05, 0) is 40.3 Å². The van der Waals surface area contributed by atoms with E-state index in [9.17, 15) is 0 Å². The maximum absolute atomic E-state index is 3.77. The Morgan fingerprint density at radius 3 is 2.71 bits per heavy atom. The van der Waals surface area contributed by atoms with Gasteiger partial charge in [-0.3, -0.25) is 9.80 Å². The van der Waals surface area contributed by atoms with E-state index in [1.54, 1.807) is 0 Å². The van der Waals surface area contributed by atoms with Gasteiger partial charge in [-0.2, -0.15) is 0 Å². The zero-order valence-electron chi connectivity index (χ0n) is 11.8. The summed E-state index contributed by atoms with van der Waals surface area (Å²) in [5, 5.41) is 3.77. The van der Waals surface area contributed by atoms with Crippen molar-refractivity contribution >= 4 is 0 Å². The number of nitrogens with zero attached hydrogens (tertiary/aromatic N) is 2. The Labute approximate surface area is 107 Å². The molecular formula is C14H29N3. The summed E-state index contributed by atoms with van der Waals surface area (Å²) in [4.78, 5) is 5.21. The van der Waals surface area contributed by atoms with Crippen molar-refractivity contribution < 1.29 is 0 Å². The fraction of sp³-hybridized carbons (Fsp3) is 1.00. The van der Waals surface area contributed by atoms with Crippen LogP contribution in [0.5, 0.6) is 0 Å². The number of nitrogens with one attached hydrogen (secondary N) is 1. The third-order valence-electron chi connectivity index (χ3n) is 4.52. The molecule has 2 saturated heterocycles. The first-order chi connectivity index (χ1) is 8.18. The van der Waals surface area contributed by atoms with Crippen LogP contribution in [0.2, 0.25) is 0 Å². The average Bonchev–Trinajstić information content (AvgIpc) is 2.58. The van der Waals surface area contributed by atoms with Crippen LogP contribution in [0.3, 0.4) is 0 Å². The molecule has 0 saturated carbocycles. The van der Waals surface area contributed by atoms with Crippen molar-refractivity contribution in [2.75, 3.05) is 33.2 Å². The molecule has 2 fully saturated rings. The molecule has 0 aliphatic carbocycles. The van der Waals surface area contributed by atoms with Gasteiger partial charge in [0.15, 0.2) is 0 Å². The molecule has 0 amide bonds. The minimum absolute atomic E-state index is 0.692. The number of likely N-dealkylation sites (N-methyl/N-ethyl adjacent to an activating group) is 1. The van der Waals surface area contributed by atoms with Gasteiger partial charge in [-0.15, -0.1) is 0 Å². The van der Waals surface area contributed by atoms with Gasteiger partial charge in [0.05, 0.1) is 0 Å².